The number of aryl methyl sites for hydroxylation is 1. The maximum atomic E-state index is 5.80. The highest BCUT2D eigenvalue weighted by Gasteiger charge is 2.20. The molecule has 0 radical (unpaired) electrons. The van der Waals surface area contributed by atoms with Crippen molar-refractivity contribution in [1.29, 1.82) is 0 Å². The van der Waals surface area contributed by atoms with E-state index in [2.05, 4.69) is 11.9 Å². The Labute approximate surface area is 97.8 Å². The molecule has 0 spiro atoms. The summed E-state index contributed by atoms with van der Waals surface area (Å²) in [5, 5.41) is 0. The number of aromatic amines is 1. The van der Waals surface area contributed by atoms with E-state index in [1.165, 1.54) is 43.5 Å². The highest BCUT2D eigenvalue weighted by Crippen LogP contribution is 2.33. The Hall–Kier alpha value is -0.830. The van der Waals surface area contributed by atoms with Crippen LogP contribution in [0.15, 0.2) is 0 Å². The number of hydrogen-bond acceptors (Lipinski definition) is 2. The Bertz CT molecular complexity index is 335. The van der Waals surface area contributed by atoms with Crippen molar-refractivity contribution in [2.45, 2.75) is 64.3 Å². The molecule has 1 aliphatic carbocycles. The van der Waals surface area contributed by atoms with Gasteiger partial charge in [-0.15, -0.1) is 0 Å². The monoisotopic (exact) mass is 221 g/mol. The van der Waals surface area contributed by atoms with E-state index < -0.39 is 0 Å². The summed E-state index contributed by atoms with van der Waals surface area (Å²) in [5.41, 5.74) is 8.36. The number of nitrogens with one attached hydrogen (secondary N) is 1. The molecule has 0 aromatic carbocycles. The molecule has 3 nitrogen and oxygen atoms in total. The van der Waals surface area contributed by atoms with Crippen LogP contribution in [0, 0.1) is 6.92 Å². The molecule has 16 heavy (non-hydrogen) atoms. The molecule has 3 N–H and O–H groups in total. The Kier molecular flexibility index (Phi) is 3.64. The first kappa shape index (κ1) is 11.6. The fraction of sp³-hybridized carbons (Fsp3) is 0.769. The van der Waals surface area contributed by atoms with Crippen LogP contribution in [0.25, 0.3) is 0 Å². The van der Waals surface area contributed by atoms with E-state index in [-0.39, 0.29) is 6.04 Å². The summed E-state index contributed by atoms with van der Waals surface area (Å²) in [4.78, 5) is 8.12. The molecule has 1 atom stereocenters. The Morgan fingerprint density at radius 3 is 2.69 bits per heavy atom. The van der Waals surface area contributed by atoms with Crippen LogP contribution in [0.1, 0.15) is 62.2 Å². The van der Waals surface area contributed by atoms with Crippen LogP contribution in [0.5, 0.6) is 0 Å². The van der Waals surface area contributed by atoms with Crippen molar-refractivity contribution in [2.75, 3.05) is 0 Å². The molecule has 2 rings (SSSR count). The molecule has 1 saturated carbocycles. The van der Waals surface area contributed by atoms with Crippen LogP contribution in [-0.2, 0) is 6.42 Å². The molecule has 3 heteroatoms. The van der Waals surface area contributed by atoms with Crippen LogP contribution in [0.3, 0.4) is 0 Å². The van der Waals surface area contributed by atoms with Crippen molar-refractivity contribution in [1.82, 2.24) is 9.97 Å². The zero-order valence-electron chi connectivity index (χ0n) is 10.4. The third-order valence-electron chi connectivity index (χ3n) is 3.48. The van der Waals surface area contributed by atoms with Gasteiger partial charge in [0.05, 0.1) is 5.69 Å². The van der Waals surface area contributed by atoms with E-state index in [1.54, 1.807) is 0 Å². The average Bonchev–Trinajstić information content (AvgIpc) is 2.60. The molecule has 1 aromatic heterocycles. The second-order valence-corrected chi connectivity index (χ2v) is 5.21. The van der Waals surface area contributed by atoms with Gasteiger partial charge in [-0.3, -0.25) is 0 Å². The van der Waals surface area contributed by atoms with Crippen LogP contribution in [0.4, 0.5) is 0 Å². The molecule has 1 heterocycles. The second kappa shape index (κ2) is 5.00. The molecule has 0 saturated heterocycles. The number of H-pyrrole nitrogens is 1. The first-order valence-electron chi connectivity index (χ1n) is 6.47. The van der Waals surface area contributed by atoms with E-state index in [0.717, 1.165) is 12.2 Å². The van der Waals surface area contributed by atoms with Crippen LogP contribution >= 0.6 is 0 Å². The zero-order chi connectivity index (χ0) is 11.5. The lowest BCUT2D eigenvalue weighted by Crippen LogP contribution is -2.18. The van der Waals surface area contributed by atoms with Gasteiger partial charge in [0.15, 0.2) is 0 Å². The van der Waals surface area contributed by atoms with Gasteiger partial charge in [0.2, 0.25) is 0 Å². The summed E-state index contributed by atoms with van der Waals surface area (Å²) in [7, 11) is 0. The lowest BCUT2D eigenvalue weighted by Gasteiger charge is -2.20. The van der Waals surface area contributed by atoms with Gasteiger partial charge in [-0.05, 0) is 26.7 Å². The van der Waals surface area contributed by atoms with Crippen molar-refractivity contribution in [3.05, 3.63) is 17.2 Å². The summed E-state index contributed by atoms with van der Waals surface area (Å²) in [5.74, 6) is 1.75. The van der Waals surface area contributed by atoms with Crippen molar-refractivity contribution in [3.8, 4) is 0 Å². The second-order valence-electron chi connectivity index (χ2n) is 5.21. The van der Waals surface area contributed by atoms with Crippen molar-refractivity contribution in [2.24, 2.45) is 5.73 Å². The maximum absolute atomic E-state index is 5.80. The maximum Gasteiger partial charge on any atom is 0.108 e. The number of rotatable bonds is 3. The first-order chi connectivity index (χ1) is 7.66. The van der Waals surface area contributed by atoms with E-state index >= 15 is 0 Å². The summed E-state index contributed by atoms with van der Waals surface area (Å²) in [6.07, 6.45) is 7.59. The quantitative estimate of drug-likeness (QED) is 0.824. The minimum absolute atomic E-state index is 0.185. The SMILES string of the molecule is Cc1[nH]c(CC(C)N)nc1C1CCCCC1. The lowest BCUT2D eigenvalue weighted by molar-refractivity contribution is 0.436. The topological polar surface area (TPSA) is 54.7 Å². The van der Waals surface area contributed by atoms with Gasteiger partial charge in [-0.1, -0.05) is 19.3 Å². The number of nitrogens with two attached hydrogens (primary N) is 1. The standard InChI is InChI=1S/C13H23N3/c1-9(14)8-12-15-10(2)13(16-12)11-6-4-3-5-7-11/h9,11H,3-8,14H2,1-2H3,(H,15,16). The van der Waals surface area contributed by atoms with Gasteiger partial charge in [0, 0.05) is 24.1 Å². The fourth-order valence-corrected chi connectivity index (χ4v) is 2.71. The molecular weight excluding hydrogens is 198 g/mol. The third kappa shape index (κ3) is 2.64. The first-order valence-corrected chi connectivity index (χ1v) is 6.47. The van der Waals surface area contributed by atoms with Gasteiger partial charge in [0.25, 0.3) is 0 Å². The van der Waals surface area contributed by atoms with Crippen molar-refractivity contribution in [3.63, 3.8) is 0 Å². The molecule has 1 aromatic rings. The summed E-state index contributed by atoms with van der Waals surface area (Å²) >= 11 is 0. The highest BCUT2D eigenvalue weighted by atomic mass is 14.9. The largest absolute Gasteiger partial charge is 0.346 e. The highest BCUT2D eigenvalue weighted by molar-refractivity contribution is 5.18. The smallest absolute Gasteiger partial charge is 0.108 e. The predicted octanol–water partition coefficient (Wildman–Crippen LogP) is 2.66. The summed E-state index contributed by atoms with van der Waals surface area (Å²) in [6.45, 7) is 4.17. The Morgan fingerprint density at radius 1 is 1.38 bits per heavy atom. The van der Waals surface area contributed by atoms with Gasteiger partial charge >= 0.3 is 0 Å². The Morgan fingerprint density at radius 2 is 2.06 bits per heavy atom. The number of hydrogen-bond donors (Lipinski definition) is 2. The van der Waals surface area contributed by atoms with Crippen molar-refractivity contribution < 1.29 is 0 Å². The van der Waals surface area contributed by atoms with E-state index in [9.17, 15) is 0 Å². The van der Waals surface area contributed by atoms with Gasteiger partial charge in [-0.2, -0.15) is 0 Å². The average molecular weight is 221 g/mol. The van der Waals surface area contributed by atoms with E-state index in [1.807, 2.05) is 6.92 Å². The van der Waals surface area contributed by atoms with Gasteiger partial charge < -0.3 is 10.7 Å². The number of imidazole rings is 1. The molecule has 90 valence electrons. The van der Waals surface area contributed by atoms with Gasteiger partial charge in [0.1, 0.15) is 5.82 Å². The molecule has 1 fully saturated rings. The minimum Gasteiger partial charge on any atom is -0.346 e. The third-order valence-corrected chi connectivity index (χ3v) is 3.48. The summed E-state index contributed by atoms with van der Waals surface area (Å²) < 4.78 is 0. The van der Waals surface area contributed by atoms with E-state index in [0.29, 0.717) is 5.92 Å². The zero-order valence-corrected chi connectivity index (χ0v) is 10.4. The summed E-state index contributed by atoms with van der Waals surface area (Å²) in [6, 6.07) is 0.185. The van der Waals surface area contributed by atoms with Crippen LogP contribution in [0.2, 0.25) is 0 Å². The number of aromatic nitrogens is 2. The van der Waals surface area contributed by atoms with Crippen LogP contribution < -0.4 is 5.73 Å². The minimum atomic E-state index is 0.185. The molecule has 0 bridgehead atoms. The van der Waals surface area contributed by atoms with Crippen LogP contribution in [-0.4, -0.2) is 16.0 Å². The fourth-order valence-electron chi connectivity index (χ4n) is 2.71. The molecule has 0 aliphatic heterocycles. The lowest BCUT2D eigenvalue weighted by atomic mass is 9.86. The molecule has 0 amide bonds. The molecule has 1 unspecified atom stereocenters. The van der Waals surface area contributed by atoms with Crippen molar-refractivity contribution >= 4 is 0 Å². The predicted molar refractivity (Wildman–Crippen MR) is 66.5 cm³/mol. The normalized spacial score (nSPS) is 19.9. The molecule has 1 aliphatic rings. The molecular formula is C13H23N3. The number of nitrogens with zero attached hydrogens (tertiary/aromatic N) is 1. The van der Waals surface area contributed by atoms with Gasteiger partial charge in [-0.25, -0.2) is 4.98 Å². The Balaban J connectivity index is 2.10. The van der Waals surface area contributed by atoms with E-state index in [4.69, 9.17) is 10.7 Å².